The van der Waals surface area contributed by atoms with Crippen molar-refractivity contribution in [3.63, 3.8) is 0 Å². The Kier molecular flexibility index (Phi) is 5.33. The highest BCUT2D eigenvalue weighted by molar-refractivity contribution is 8.00. The molecule has 0 aromatic heterocycles. The standard InChI is InChI=1S/C16H14F2N2O2S/c1-20(10-6-7-12(17)13(18)8-10)16(22)11-4-2-3-5-14(11)23-9-15(19)21/h2-8H,9H2,1H3,(H2,19,21). The van der Waals surface area contributed by atoms with Gasteiger partial charge in [-0.1, -0.05) is 12.1 Å². The smallest absolute Gasteiger partial charge is 0.259 e. The summed E-state index contributed by atoms with van der Waals surface area (Å²) >= 11 is 1.15. The molecule has 4 nitrogen and oxygen atoms in total. The number of primary amides is 1. The van der Waals surface area contributed by atoms with Crippen LogP contribution in [0.25, 0.3) is 0 Å². The van der Waals surface area contributed by atoms with Crippen molar-refractivity contribution in [3.05, 3.63) is 59.7 Å². The molecule has 2 aromatic carbocycles. The summed E-state index contributed by atoms with van der Waals surface area (Å²) in [5, 5.41) is 0. The number of nitrogens with two attached hydrogens (primary N) is 1. The fourth-order valence-corrected chi connectivity index (χ4v) is 2.69. The van der Waals surface area contributed by atoms with Gasteiger partial charge in [0.05, 0.1) is 11.3 Å². The third kappa shape index (κ3) is 4.07. The molecular weight excluding hydrogens is 322 g/mol. The summed E-state index contributed by atoms with van der Waals surface area (Å²) in [7, 11) is 1.46. The number of nitrogens with zero attached hydrogens (tertiary/aromatic N) is 1. The minimum absolute atomic E-state index is 0.0409. The molecule has 23 heavy (non-hydrogen) atoms. The van der Waals surface area contributed by atoms with E-state index in [4.69, 9.17) is 5.73 Å². The van der Waals surface area contributed by atoms with Gasteiger partial charge in [-0.15, -0.1) is 11.8 Å². The summed E-state index contributed by atoms with van der Waals surface area (Å²) in [4.78, 5) is 25.3. The Labute approximate surface area is 136 Å². The van der Waals surface area contributed by atoms with E-state index in [1.54, 1.807) is 24.3 Å². The summed E-state index contributed by atoms with van der Waals surface area (Å²) in [6, 6.07) is 9.93. The first-order valence-electron chi connectivity index (χ1n) is 6.63. The summed E-state index contributed by atoms with van der Waals surface area (Å²) in [5.74, 6) is -2.86. The van der Waals surface area contributed by atoms with Gasteiger partial charge in [0.2, 0.25) is 5.91 Å². The number of hydrogen-bond donors (Lipinski definition) is 1. The number of anilines is 1. The third-order valence-corrected chi connectivity index (χ3v) is 4.18. The van der Waals surface area contributed by atoms with E-state index in [9.17, 15) is 18.4 Å². The lowest BCUT2D eigenvalue weighted by Crippen LogP contribution is -2.27. The third-order valence-electron chi connectivity index (χ3n) is 3.08. The van der Waals surface area contributed by atoms with Crippen LogP contribution in [0.15, 0.2) is 47.4 Å². The Morgan fingerprint density at radius 1 is 1.13 bits per heavy atom. The lowest BCUT2D eigenvalue weighted by atomic mass is 10.2. The van der Waals surface area contributed by atoms with Crippen LogP contribution < -0.4 is 10.6 Å². The van der Waals surface area contributed by atoms with E-state index in [2.05, 4.69) is 0 Å². The Bertz CT molecular complexity index is 753. The molecule has 0 heterocycles. The van der Waals surface area contributed by atoms with Gasteiger partial charge in [-0.2, -0.15) is 0 Å². The lowest BCUT2D eigenvalue weighted by molar-refractivity contribution is -0.115. The minimum atomic E-state index is -1.03. The predicted molar refractivity (Wildman–Crippen MR) is 85.5 cm³/mol. The van der Waals surface area contributed by atoms with E-state index in [-0.39, 0.29) is 11.4 Å². The van der Waals surface area contributed by atoms with Gasteiger partial charge in [-0.25, -0.2) is 8.78 Å². The van der Waals surface area contributed by atoms with Gasteiger partial charge in [0.1, 0.15) is 0 Å². The minimum Gasteiger partial charge on any atom is -0.369 e. The molecule has 2 aromatic rings. The molecule has 0 unspecified atom stereocenters. The molecule has 0 aliphatic heterocycles. The number of carbonyl (C=O) groups is 2. The van der Waals surface area contributed by atoms with Crippen LogP contribution in [0.3, 0.4) is 0 Å². The van der Waals surface area contributed by atoms with Gasteiger partial charge in [0.15, 0.2) is 11.6 Å². The van der Waals surface area contributed by atoms with Gasteiger partial charge in [-0.3, -0.25) is 9.59 Å². The average molecular weight is 336 g/mol. The SMILES string of the molecule is CN(C(=O)c1ccccc1SCC(N)=O)c1ccc(F)c(F)c1. The number of rotatable bonds is 5. The van der Waals surface area contributed by atoms with Crippen molar-refractivity contribution in [3.8, 4) is 0 Å². The lowest BCUT2D eigenvalue weighted by Gasteiger charge is -2.19. The molecule has 0 aliphatic carbocycles. The van der Waals surface area contributed by atoms with E-state index in [1.807, 2.05) is 0 Å². The van der Waals surface area contributed by atoms with Gasteiger partial charge >= 0.3 is 0 Å². The molecule has 2 amide bonds. The molecular formula is C16H14F2N2O2S. The summed E-state index contributed by atoms with van der Waals surface area (Å²) in [6.45, 7) is 0. The maximum atomic E-state index is 13.3. The topological polar surface area (TPSA) is 63.4 Å². The number of thioether (sulfide) groups is 1. The molecule has 0 radical (unpaired) electrons. The van der Waals surface area contributed by atoms with E-state index in [1.165, 1.54) is 18.0 Å². The fraction of sp³-hybridized carbons (Fsp3) is 0.125. The first-order chi connectivity index (χ1) is 10.9. The van der Waals surface area contributed by atoms with Crippen molar-refractivity contribution in [1.82, 2.24) is 0 Å². The van der Waals surface area contributed by atoms with E-state index >= 15 is 0 Å². The van der Waals surface area contributed by atoms with Crippen LogP contribution in [0.2, 0.25) is 0 Å². The Hall–Kier alpha value is -2.41. The van der Waals surface area contributed by atoms with Crippen LogP contribution in [0.4, 0.5) is 14.5 Å². The van der Waals surface area contributed by atoms with E-state index in [0.29, 0.717) is 10.5 Å². The van der Waals surface area contributed by atoms with Crippen molar-refractivity contribution in [2.75, 3.05) is 17.7 Å². The zero-order valence-corrected chi connectivity index (χ0v) is 13.1. The van der Waals surface area contributed by atoms with Crippen molar-refractivity contribution in [1.29, 1.82) is 0 Å². The van der Waals surface area contributed by atoms with E-state index < -0.39 is 23.4 Å². The molecule has 0 fully saturated rings. The summed E-state index contributed by atoms with van der Waals surface area (Å²) < 4.78 is 26.3. The molecule has 0 saturated carbocycles. The highest BCUT2D eigenvalue weighted by atomic mass is 32.2. The zero-order chi connectivity index (χ0) is 17.0. The molecule has 7 heteroatoms. The van der Waals surface area contributed by atoms with Crippen molar-refractivity contribution >= 4 is 29.3 Å². The summed E-state index contributed by atoms with van der Waals surface area (Å²) in [5.41, 5.74) is 5.69. The first kappa shape index (κ1) is 17.0. The van der Waals surface area contributed by atoms with Crippen LogP contribution in [0, 0.1) is 11.6 Å². The number of amides is 2. The van der Waals surface area contributed by atoms with Gasteiger partial charge in [0.25, 0.3) is 5.91 Å². The monoisotopic (exact) mass is 336 g/mol. The largest absolute Gasteiger partial charge is 0.369 e. The quantitative estimate of drug-likeness (QED) is 0.854. The Balaban J connectivity index is 2.28. The highest BCUT2D eigenvalue weighted by Gasteiger charge is 2.18. The van der Waals surface area contributed by atoms with Crippen molar-refractivity contribution in [2.45, 2.75) is 4.90 Å². The molecule has 0 aliphatic rings. The highest BCUT2D eigenvalue weighted by Crippen LogP contribution is 2.25. The maximum Gasteiger partial charge on any atom is 0.259 e. The molecule has 0 bridgehead atoms. The van der Waals surface area contributed by atoms with Crippen LogP contribution in [-0.4, -0.2) is 24.6 Å². The number of hydrogen-bond acceptors (Lipinski definition) is 3. The van der Waals surface area contributed by atoms with Gasteiger partial charge < -0.3 is 10.6 Å². The molecule has 2 rings (SSSR count). The Morgan fingerprint density at radius 3 is 2.48 bits per heavy atom. The second kappa shape index (κ2) is 7.23. The molecule has 0 saturated heterocycles. The number of benzene rings is 2. The van der Waals surface area contributed by atoms with E-state index in [0.717, 1.165) is 23.9 Å². The predicted octanol–water partition coefficient (Wildman–Crippen LogP) is 2.82. The van der Waals surface area contributed by atoms with Crippen molar-refractivity contribution < 1.29 is 18.4 Å². The van der Waals surface area contributed by atoms with Gasteiger partial charge in [0, 0.05) is 23.7 Å². The first-order valence-corrected chi connectivity index (χ1v) is 7.62. The average Bonchev–Trinajstić information content (AvgIpc) is 2.54. The molecule has 0 atom stereocenters. The second-order valence-electron chi connectivity index (χ2n) is 4.71. The molecule has 2 N–H and O–H groups in total. The molecule has 0 spiro atoms. The van der Waals surface area contributed by atoms with Crippen LogP contribution in [0.5, 0.6) is 0 Å². The fourth-order valence-electron chi connectivity index (χ4n) is 1.91. The number of halogens is 2. The van der Waals surface area contributed by atoms with Gasteiger partial charge in [-0.05, 0) is 24.3 Å². The maximum absolute atomic E-state index is 13.3. The van der Waals surface area contributed by atoms with Crippen LogP contribution in [-0.2, 0) is 4.79 Å². The Morgan fingerprint density at radius 2 is 1.83 bits per heavy atom. The second-order valence-corrected chi connectivity index (χ2v) is 5.73. The van der Waals surface area contributed by atoms with Crippen LogP contribution >= 0.6 is 11.8 Å². The van der Waals surface area contributed by atoms with Crippen LogP contribution in [0.1, 0.15) is 10.4 Å². The number of carbonyl (C=O) groups excluding carboxylic acids is 2. The zero-order valence-electron chi connectivity index (χ0n) is 12.3. The molecule has 120 valence electrons. The summed E-state index contributed by atoms with van der Waals surface area (Å²) in [6.07, 6.45) is 0. The normalized spacial score (nSPS) is 10.4. The van der Waals surface area contributed by atoms with Crippen molar-refractivity contribution in [2.24, 2.45) is 5.73 Å².